The van der Waals surface area contributed by atoms with Gasteiger partial charge in [0.05, 0.1) is 7.11 Å². The molecule has 1 atom stereocenters. The Kier molecular flexibility index (Phi) is 5.30. The molecule has 4 nitrogen and oxygen atoms in total. The SMILES string of the molecule is COc1ccccc1OCC[NH+]1CSC(=S)N(C)C1. The fourth-order valence-electron chi connectivity index (χ4n) is 1.91. The molecule has 1 aliphatic rings. The lowest BCUT2D eigenvalue weighted by atomic mass is 10.3. The first-order valence-corrected chi connectivity index (χ1v) is 7.57. The van der Waals surface area contributed by atoms with Crippen LogP contribution in [0.25, 0.3) is 0 Å². The summed E-state index contributed by atoms with van der Waals surface area (Å²) in [4.78, 5) is 3.58. The highest BCUT2D eigenvalue weighted by Gasteiger charge is 2.21. The number of para-hydroxylation sites is 2. The van der Waals surface area contributed by atoms with E-state index in [0.29, 0.717) is 6.61 Å². The number of nitrogens with zero attached hydrogens (tertiary/aromatic N) is 1. The van der Waals surface area contributed by atoms with Crippen molar-refractivity contribution in [2.75, 3.05) is 39.9 Å². The summed E-state index contributed by atoms with van der Waals surface area (Å²) in [5.41, 5.74) is 0. The van der Waals surface area contributed by atoms with Crippen LogP contribution in [0, 0.1) is 0 Å². The van der Waals surface area contributed by atoms with Crippen molar-refractivity contribution in [3.8, 4) is 11.5 Å². The van der Waals surface area contributed by atoms with Crippen molar-refractivity contribution in [3.05, 3.63) is 24.3 Å². The van der Waals surface area contributed by atoms with E-state index < -0.39 is 0 Å². The number of nitrogens with one attached hydrogen (secondary N) is 1. The zero-order chi connectivity index (χ0) is 13.7. The van der Waals surface area contributed by atoms with Crippen molar-refractivity contribution in [2.24, 2.45) is 0 Å². The van der Waals surface area contributed by atoms with E-state index in [4.69, 9.17) is 21.7 Å². The van der Waals surface area contributed by atoms with E-state index in [1.165, 1.54) is 4.90 Å². The predicted octanol–water partition coefficient (Wildman–Crippen LogP) is 0.837. The molecule has 1 fully saturated rings. The summed E-state index contributed by atoms with van der Waals surface area (Å²) >= 11 is 6.96. The van der Waals surface area contributed by atoms with Gasteiger partial charge in [-0.3, -0.25) is 0 Å². The lowest BCUT2D eigenvalue weighted by Gasteiger charge is -2.31. The van der Waals surface area contributed by atoms with Crippen molar-refractivity contribution in [1.29, 1.82) is 0 Å². The molecule has 2 rings (SSSR count). The molecule has 1 aliphatic heterocycles. The number of rotatable bonds is 5. The first-order chi connectivity index (χ1) is 9.20. The number of benzene rings is 1. The molecular weight excluding hydrogens is 280 g/mol. The second-order valence-electron chi connectivity index (χ2n) is 4.41. The van der Waals surface area contributed by atoms with Crippen LogP contribution in [-0.4, -0.2) is 49.1 Å². The van der Waals surface area contributed by atoms with E-state index >= 15 is 0 Å². The minimum atomic E-state index is 0.677. The topological polar surface area (TPSA) is 26.1 Å². The van der Waals surface area contributed by atoms with Crippen molar-refractivity contribution in [1.82, 2.24) is 4.90 Å². The van der Waals surface area contributed by atoms with Crippen molar-refractivity contribution >= 4 is 28.3 Å². The quantitative estimate of drug-likeness (QED) is 0.813. The monoisotopic (exact) mass is 299 g/mol. The van der Waals surface area contributed by atoms with Gasteiger partial charge in [0.1, 0.15) is 23.3 Å². The third-order valence-electron chi connectivity index (χ3n) is 2.95. The number of thioether (sulfide) groups is 1. The average molecular weight is 299 g/mol. The van der Waals surface area contributed by atoms with Gasteiger partial charge in [-0.25, -0.2) is 0 Å². The maximum absolute atomic E-state index is 5.79. The molecule has 1 heterocycles. The highest BCUT2D eigenvalue weighted by atomic mass is 32.2. The summed E-state index contributed by atoms with van der Waals surface area (Å²) in [5.74, 6) is 2.60. The number of methoxy groups -OCH3 is 1. The molecule has 19 heavy (non-hydrogen) atoms. The van der Waals surface area contributed by atoms with Gasteiger partial charge in [-0.2, -0.15) is 0 Å². The van der Waals surface area contributed by atoms with Crippen LogP contribution in [-0.2, 0) is 0 Å². The number of hydrogen-bond acceptors (Lipinski definition) is 4. The van der Waals surface area contributed by atoms with E-state index in [-0.39, 0.29) is 0 Å². The summed E-state index contributed by atoms with van der Waals surface area (Å²) in [6, 6.07) is 7.73. The van der Waals surface area contributed by atoms with Crippen molar-refractivity contribution < 1.29 is 14.4 Å². The summed E-state index contributed by atoms with van der Waals surface area (Å²) in [6.07, 6.45) is 0. The minimum Gasteiger partial charge on any atom is -0.493 e. The molecule has 1 aromatic carbocycles. The van der Waals surface area contributed by atoms with Crippen molar-refractivity contribution in [2.45, 2.75) is 0 Å². The number of quaternary nitrogens is 1. The molecule has 1 unspecified atom stereocenters. The van der Waals surface area contributed by atoms with Crippen molar-refractivity contribution in [3.63, 3.8) is 0 Å². The molecule has 1 N–H and O–H groups in total. The number of hydrogen-bond donors (Lipinski definition) is 1. The molecular formula is C13H19N2O2S2+. The molecule has 104 valence electrons. The smallest absolute Gasteiger partial charge is 0.161 e. The first-order valence-electron chi connectivity index (χ1n) is 6.18. The Morgan fingerprint density at radius 1 is 1.37 bits per heavy atom. The predicted molar refractivity (Wildman–Crippen MR) is 82.0 cm³/mol. The van der Waals surface area contributed by atoms with Gasteiger partial charge in [0, 0.05) is 7.05 Å². The minimum absolute atomic E-state index is 0.677. The molecule has 0 amide bonds. The van der Waals surface area contributed by atoms with Crippen LogP contribution in [0.4, 0.5) is 0 Å². The first kappa shape index (κ1) is 14.4. The van der Waals surface area contributed by atoms with Gasteiger partial charge in [-0.1, -0.05) is 24.4 Å². The molecule has 0 radical (unpaired) electrons. The van der Waals surface area contributed by atoms with Crippen LogP contribution in [0.2, 0.25) is 0 Å². The largest absolute Gasteiger partial charge is 0.493 e. The van der Waals surface area contributed by atoms with Gasteiger partial charge in [0.25, 0.3) is 0 Å². The second-order valence-corrected chi connectivity index (χ2v) is 6.02. The van der Waals surface area contributed by atoms with Crippen LogP contribution < -0.4 is 14.4 Å². The summed E-state index contributed by atoms with van der Waals surface area (Å²) in [5, 5.41) is 0. The average Bonchev–Trinajstić information content (AvgIpc) is 2.43. The van der Waals surface area contributed by atoms with E-state index in [1.807, 2.05) is 31.3 Å². The van der Waals surface area contributed by atoms with Gasteiger partial charge < -0.3 is 19.3 Å². The van der Waals surface area contributed by atoms with Gasteiger partial charge in [-0.15, -0.1) is 0 Å². The lowest BCUT2D eigenvalue weighted by Crippen LogP contribution is -3.14. The zero-order valence-corrected chi connectivity index (χ0v) is 12.9. The Morgan fingerprint density at radius 2 is 2.11 bits per heavy atom. The third kappa shape index (κ3) is 3.99. The van der Waals surface area contributed by atoms with E-state index in [0.717, 1.165) is 34.9 Å². The molecule has 6 heteroatoms. The number of ether oxygens (including phenoxy) is 2. The fraction of sp³-hybridized carbons (Fsp3) is 0.462. The van der Waals surface area contributed by atoms with E-state index in [9.17, 15) is 0 Å². The molecule has 0 spiro atoms. The normalized spacial score (nSPS) is 19.4. The second kappa shape index (κ2) is 6.98. The molecule has 1 aromatic rings. The van der Waals surface area contributed by atoms with Crippen LogP contribution >= 0.6 is 24.0 Å². The van der Waals surface area contributed by atoms with Crippen LogP contribution in [0.1, 0.15) is 0 Å². The van der Waals surface area contributed by atoms with E-state index in [2.05, 4.69) is 4.90 Å². The number of thiocarbonyl (C=S) groups is 1. The van der Waals surface area contributed by atoms with Crippen LogP contribution in [0.15, 0.2) is 24.3 Å². The van der Waals surface area contributed by atoms with Crippen LogP contribution in [0.3, 0.4) is 0 Å². The van der Waals surface area contributed by atoms with Gasteiger partial charge in [0.15, 0.2) is 18.2 Å². The maximum Gasteiger partial charge on any atom is 0.161 e. The standard InChI is InChI=1S/C13H18N2O2S2/c1-14-9-15(10-19-13(14)18)7-8-17-12-6-4-3-5-11(12)16-2/h3-6H,7-10H2,1-2H3/p+1. The summed E-state index contributed by atoms with van der Waals surface area (Å²) in [6.45, 7) is 2.58. The summed E-state index contributed by atoms with van der Waals surface area (Å²) < 4.78 is 12.0. The molecule has 0 bridgehead atoms. The molecule has 0 aromatic heterocycles. The Morgan fingerprint density at radius 3 is 2.79 bits per heavy atom. The van der Waals surface area contributed by atoms with Crippen LogP contribution in [0.5, 0.6) is 11.5 Å². The van der Waals surface area contributed by atoms with E-state index in [1.54, 1.807) is 18.9 Å². The highest BCUT2D eigenvalue weighted by molar-refractivity contribution is 8.22. The zero-order valence-electron chi connectivity index (χ0n) is 11.2. The van der Waals surface area contributed by atoms with Gasteiger partial charge in [-0.05, 0) is 23.9 Å². The molecule has 0 aliphatic carbocycles. The Hall–Kier alpha value is -0.980. The Labute approximate surface area is 123 Å². The lowest BCUT2D eigenvalue weighted by molar-refractivity contribution is -0.896. The third-order valence-corrected chi connectivity index (χ3v) is 4.73. The Balaban J connectivity index is 1.79. The van der Waals surface area contributed by atoms with Gasteiger partial charge in [0.2, 0.25) is 0 Å². The highest BCUT2D eigenvalue weighted by Crippen LogP contribution is 2.25. The molecule has 1 saturated heterocycles. The fourth-order valence-corrected chi connectivity index (χ4v) is 3.00. The Bertz CT molecular complexity index is 442. The maximum atomic E-state index is 5.79. The molecule has 0 saturated carbocycles. The summed E-state index contributed by atoms with van der Waals surface area (Å²) in [7, 11) is 3.69. The van der Waals surface area contributed by atoms with Gasteiger partial charge >= 0.3 is 0 Å².